The van der Waals surface area contributed by atoms with E-state index < -0.39 is 0 Å². The standard InChI is InChI=1S/C15H14BrN3O/c1-3-12-13-11(16)8-17-15(13)19-14(18-12)9-5-4-6-10(7-9)20-2/h4-8H,3H2,1-2H3,(H,17,18,19). The average molecular weight is 332 g/mol. The van der Waals surface area contributed by atoms with E-state index in [2.05, 4.69) is 37.8 Å². The Kier molecular flexibility index (Phi) is 3.44. The predicted octanol–water partition coefficient (Wildman–Crippen LogP) is 3.96. The maximum Gasteiger partial charge on any atom is 0.161 e. The van der Waals surface area contributed by atoms with Crippen molar-refractivity contribution in [2.45, 2.75) is 13.3 Å². The molecule has 0 radical (unpaired) electrons. The van der Waals surface area contributed by atoms with Crippen molar-refractivity contribution >= 4 is 27.0 Å². The van der Waals surface area contributed by atoms with E-state index in [9.17, 15) is 0 Å². The van der Waals surface area contributed by atoms with E-state index in [0.29, 0.717) is 5.82 Å². The van der Waals surface area contributed by atoms with Crippen LogP contribution in [0.15, 0.2) is 34.9 Å². The topological polar surface area (TPSA) is 50.8 Å². The van der Waals surface area contributed by atoms with E-state index in [-0.39, 0.29) is 0 Å². The van der Waals surface area contributed by atoms with E-state index in [0.717, 1.165) is 38.9 Å². The van der Waals surface area contributed by atoms with Gasteiger partial charge >= 0.3 is 0 Å². The molecule has 1 aromatic carbocycles. The minimum Gasteiger partial charge on any atom is -0.497 e. The monoisotopic (exact) mass is 331 g/mol. The molecular weight excluding hydrogens is 318 g/mol. The Hall–Kier alpha value is -1.88. The number of H-pyrrole nitrogens is 1. The van der Waals surface area contributed by atoms with Crippen molar-refractivity contribution in [2.75, 3.05) is 7.11 Å². The van der Waals surface area contributed by atoms with Crippen LogP contribution in [0.4, 0.5) is 0 Å². The summed E-state index contributed by atoms with van der Waals surface area (Å²) in [6.45, 7) is 2.09. The van der Waals surface area contributed by atoms with Crippen LogP contribution in [0, 0.1) is 0 Å². The largest absolute Gasteiger partial charge is 0.497 e. The number of nitrogens with one attached hydrogen (secondary N) is 1. The summed E-state index contributed by atoms with van der Waals surface area (Å²) in [5.41, 5.74) is 2.83. The van der Waals surface area contributed by atoms with Crippen molar-refractivity contribution in [1.29, 1.82) is 0 Å². The van der Waals surface area contributed by atoms with Crippen LogP contribution in [0.2, 0.25) is 0 Å². The SMILES string of the molecule is CCc1nc(-c2cccc(OC)c2)nc2[nH]cc(Br)c12. The molecule has 0 fully saturated rings. The number of ether oxygens (including phenoxy) is 1. The molecule has 0 spiro atoms. The van der Waals surface area contributed by atoms with Gasteiger partial charge in [-0.2, -0.15) is 0 Å². The predicted molar refractivity (Wildman–Crippen MR) is 83.0 cm³/mol. The Morgan fingerprint density at radius 3 is 2.90 bits per heavy atom. The van der Waals surface area contributed by atoms with Crippen molar-refractivity contribution in [3.05, 3.63) is 40.6 Å². The van der Waals surface area contributed by atoms with Crippen LogP contribution in [0.1, 0.15) is 12.6 Å². The lowest BCUT2D eigenvalue weighted by atomic mass is 10.1. The summed E-state index contributed by atoms with van der Waals surface area (Å²) in [7, 11) is 1.66. The maximum absolute atomic E-state index is 5.25. The molecule has 0 aliphatic rings. The summed E-state index contributed by atoms with van der Waals surface area (Å²) in [4.78, 5) is 12.5. The highest BCUT2D eigenvalue weighted by Crippen LogP contribution is 2.28. The van der Waals surface area contributed by atoms with Crippen LogP contribution in [-0.4, -0.2) is 22.1 Å². The molecule has 5 heteroatoms. The number of aromatic amines is 1. The molecule has 102 valence electrons. The van der Waals surface area contributed by atoms with Gasteiger partial charge in [-0.1, -0.05) is 19.1 Å². The minimum absolute atomic E-state index is 0.711. The van der Waals surface area contributed by atoms with Gasteiger partial charge in [0.05, 0.1) is 18.2 Å². The first-order valence-electron chi connectivity index (χ1n) is 6.41. The molecule has 0 aliphatic heterocycles. The molecular formula is C15H14BrN3O. The van der Waals surface area contributed by atoms with Crippen molar-refractivity contribution in [1.82, 2.24) is 15.0 Å². The summed E-state index contributed by atoms with van der Waals surface area (Å²) >= 11 is 3.53. The Balaban J connectivity index is 2.21. The van der Waals surface area contributed by atoms with Crippen LogP contribution >= 0.6 is 15.9 Å². The second-order valence-corrected chi connectivity index (χ2v) is 5.29. The average Bonchev–Trinajstić information content (AvgIpc) is 2.88. The fraction of sp³-hybridized carbons (Fsp3) is 0.200. The van der Waals surface area contributed by atoms with Crippen molar-refractivity contribution in [3.8, 4) is 17.1 Å². The zero-order chi connectivity index (χ0) is 14.1. The van der Waals surface area contributed by atoms with Gasteiger partial charge in [-0.15, -0.1) is 0 Å². The van der Waals surface area contributed by atoms with Gasteiger partial charge in [0.25, 0.3) is 0 Å². The Bertz CT molecular complexity index is 767. The lowest BCUT2D eigenvalue weighted by Crippen LogP contribution is -1.96. The zero-order valence-electron chi connectivity index (χ0n) is 11.3. The number of benzene rings is 1. The van der Waals surface area contributed by atoms with Gasteiger partial charge in [0.1, 0.15) is 11.4 Å². The van der Waals surface area contributed by atoms with Gasteiger partial charge in [-0.25, -0.2) is 9.97 Å². The maximum atomic E-state index is 5.25. The van der Waals surface area contributed by atoms with E-state index in [4.69, 9.17) is 4.74 Å². The lowest BCUT2D eigenvalue weighted by molar-refractivity contribution is 0.415. The third-order valence-corrected chi connectivity index (χ3v) is 3.85. The van der Waals surface area contributed by atoms with Gasteiger partial charge in [0.15, 0.2) is 5.82 Å². The number of aryl methyl sites for hydroxylation is 1. The summed E-state index contributed by atoms with van der Waals surface area (Å²) in [6.07, 6.45) is 2.75. The van der Waals surface area contributed by atoms with Gasteiger partial charge < -0.3 is 9.72 Å². The van der Waals surface area contributed by atoms with Crippen LogP contribution in [0.5, 0.6) is 5.75 Å². The lowest BCUT2D eigenvalue weighted by Gasteiger charge is -2.06. The first-order valence-corrected chi connectivity index (χ1v) is 7.20. The highest BCUT2D eigenvalue weighted by molar-refractivity contribution is 9.10. The Morgan fingerprint density at radius 2 is 2.15 bits per heavy atom. The number of fused-ring (bicyclic) bond motifs is 1. The van der Waals surface area contributed by atoms with E-state index in [1.54, 1.807) is 7.11 Å². The van der Waals surface area contributed by atoms with Gasteiger partial charge in [0, 0.05) is 16.2 Å². The van der Waals surface area contributed by atoms with Crippen LogP contribution in [0.25, 0.3) is 22.4 Å². The number of rotatable bonds is 3. The smallest absolute Gasteiger partial charge is 0.161 e. The van der Waals surface area contributed by atoms with E-state index in [1.165, 1.54) is 0 Å². The quantitative estimate of drug-likeness (QED) is 0.790. The molecule has 20 heavy (non-hydrogen) atoms. The molecule has 3 aromatic rings. The fourth-order valence-electron chi connectivity index (χ4n) is 2.21. The number of halogens is 1. The van der Waals surface area contributed by atoms with Gasteiger partial charge in [-0.3, -0.25) is 0 Å². The van der Waals surface area contributed by atoms with Crippen LogP contribution in [-0.2, 0) is 6.42 Å². The van der Waals surface area contributed by atoms with E-state index >= 15 is 0 Å². The van der Waals surface area contributed by atoms with Crippen LogP contribution < -0.4 is 4.74 Å². The molecule has 0 atom stereocenters. The normalized spacial score (nSPS) is 10.9. The highest BCUT2D eigenvalue weighted by Gasteiger charge is 2.12. The number of hydrogen-bond donors (Lipinski definition) is 1. The highest BCUT2D eigenvalue weighted by atomic mass is 79.9. The summed E-state index contributed by atoms with van der Waals surface area (Å²) in [6, 6.07) is 7.78. The molecule has 2 heterocycles. The molecule has 2 aromatic heterocycles. The molecule has 0 saturated carbocycles. The second-order valence-electron chi connectivity index (χ2n) is 4.44. The molecule has 0 unspecified atom stereocenters. The third kappa shape index (κ3) is 2.18. The first-order chi connectivity index (χ1) is 9.72. The fourth-order valence-corrected chi connectivity index (χ4v) is 2.74. The molecule has 0 saturated heterocycles. The number of nitrogens with zero attached hydrogens (tertiary/aromatic N) is 2. The molecule has 4 nitrogen and oxygen atoms in total. The third-order valence-electron chi connectivity index (χ3n) is 3.22. The Morgan fingerprint density at radius 1 is 1.30 bits per heavy atom. The summed E-state index contributed by atoms with van der Waals surface area (Å²) in [5, 5.41) is 1.05. The summed E-state index contributed by atoms with van der Waals surface area (Å²) < 4.78 is 6.26. The minimum atomic E-state index is 0.711. The molecule has 0 amide bonds. The van der Waals surface area contributed by atoms with Crippen molar-refractivity contribution in [2.24, 2.45) is 0 Å². The second kappa shape index (κ2) is 5.25. The molecule has 0 bridgehead atoms. The molecule has 1 N–H and O–H groups in total. The number of aromatic nitrogens is 3. The first kappa shape index (κ1) is 13.1. The summed E-state index contributed by atoms with van der Waals surface area (Å²) in [5.74, 6) is 1.51. The molecule has 3 rings (SSSR count). The number of methoxy groups -OCH3 is 1. The Labute approximate surface area is 125 Å². The zero-order valence-corrected chi connectivity index (χ0v) is 12.9. The van der Waals surface area contributed by atoms with Crippen molar-refractivity contribution in [3.63, 3.8) is 0 Å². The van der Waals surface area contributed by atoms with Crippen molar-refractivity contribution < 1.29 is 4.74 Å². The molecule has 0 aliphatic carbocycles. The number of hydrogen-bond acceptors (Lipinski definition) is 3. The van der Waals surface area contributed by atoms with Crippen LogP contribution in [0.3, 0.4) is 0 Å². The van der Waals surface area contributed by atoms with E-state index in [1.807, 2.05) is 30.5 Å². The van der Waals surface area contributed by atoms with Gasteiger partial charge in [0.2, 0.25) is 0 Å². The van der Waals surface area contributed by atoms with Gasteiger partial charge in [-0.05, 0) is 34.5 Å².